The maximum absolute atomic E-state index is 9.27. The minimum absolute atomic E-state index is 0.623. The fourth-order valence-corrected chi connectivity index (χ4v) is 4.92. The highest BCUT2D eigenvalue weighted by atomic mass is 32.2. The summed E-state index contributed by atoms with van der Waals surface area (Å²) in [6.45, 7) is 1.55. The Morgan fingerprint density at radius 2 is 2.12 bits per heavy atom. The van der Waals surface area contributed by atoms with E-state index >= 15 is 0 Å². The zero-order chi connectivity index (χ0) is 17.9. The van der Waals surface area contributed by atoms with Crippen molar-refractivity contribution in [1.82, 2.24) is 9.97 Å². The Balaban J connectivity index is 1.49. The van der Waals surface area contributed by atoms with Gasteiger partial charge in [0, 0.05) is 17.2 Å². The third-order valence-electron chi connectivity index (χ3n) is 4.35. The van der Waals surface area contributed by atoms with E-state index < -0.39 is 0 Å². The van der Waals surface area contributed by atoms with E-state index in [0.717, 1.165) is 46.5 Å². The number of thiophene rings is 1. The quantitative estimate of drug-likeness (QED) is 0.694. The second kappa shape index (κ2) is 7.36. The summed E-state index contributed by atoms with van der Waals surface area (Å²) >= 11 is 3.20. The number of hydrogen-bond donors (Lipinski definition) is 1. The van der Waals surface area contributed by atoms with E-state index in [2.05, 4.69) is 28.1 Å². The summed E-state index contributed by atoms with van der Waals surface area (Å²) in [5, 5.41) is 10.8. The average molecular weight is 380 g/mol. The van der Waals surface area contributed by atoms with Crippen LogP contribution in [-0.4, -0.2) is 16.5 Å². The fraction of sp³-hybridized carbons (Fsp3) is 0.211. The standard InChI is InChI=1S/C19H17N5S2/c20-8-15-14-6-7-24(11-16(14)26-19(15)21)17-9-22-10-18(23-17)25-12-13-4-2-1-3-5-13/h1-5,9-10H,6-7,11-12,21H2. The molecule has 0 saturated carbocycles. The van der Waals surface area contributed by atoms with E-state index in [1.54, 1.807) is 18.0 Å². The van der Waals surface area contributed by atoms with E-state index in [1.165, 1.54) is 16.9 Å². The van der Waals surface area contributed by atoms with Crippen molar-refractivity contribution in [3.05, 3.63) is 64.3 Å². The van der Waals surface area contributed by atoms with Crippen molar-refractivity contribution in [2.75, 3.05) is 17.2 Å². The van der Waals surface area contributed by atoms with Crippen LogP contribution < -0.4 is 10.6 Å². The van der Waals surface area contributed by atoms with Gasteiger partial charge in [-0.25, -0.2) is 4.98 Å². The van der Waals surface area contributed by atoms with Gasteiger partial charge in [0.15, 0.2) is 0 Å². The van der Waals surface area contributed by atoms with Gasteiger partial charge in [-0.3, -0.25) is 4.98 Å². The fourth-order valence-electron chi connectivity index (χ4n) is 3.03. The van der Waals surface area contributed by atoms with Crippen molar-refractivity contribution in [2.24, 2.45) is 0 Å². The van der Waals surface area contributed by atoms with Crippen molar-refractivity contribution >= 4 is 33.9 Å². The van der Waals surface area contributed by atoms with Crippen molar-refractivity contribution in [2.45, 2.75) is 23.7 Å². The van der Waals surface area contributed by atoms with Crippen LogP contribution >= 0.6 is 23.1 Å². The minimum Gasteiger partial charge on any atom is -0.389 e. The Hall–Kier alpha value is -2.56. The topological polar surface area (TPSA) is 78.8 Å². The van der Waals surface area contributed by atoms with Crippen LogP contribution in [0.25, 0.3) is 0 Å². The summed E-state index contributed by atoms with van der Waals surface area (Å²) < 4.78 is 0. The molecule has 0 saturated heterocycles. The second-order valence-electron chi connectivity index (χ2n) is 6.02. The first-order chi connectivity index (χ1) is 12.7. The predicted octanol–water partition coefficient (Wildman–Crippen LogP) is 3.85. The average Bonchev–Trinajstić information content (AvgIpc) is 3.01. The van der Waals surface area contributed by atoms with Crippen LogP contribution in [0.2, 0.25) is 0 Å². The molecule has 2 N–H and O–H groups in total. The van der Waals surface area contributed by atoms with Crippen molar-refractivity contribution in [3.63, 3.8) is 0 Å². The van der Waals surface area contributed by atoms with Gasteiger partial charge in [0.1, 0.15) is 21.9 Å². The van der Waals surface area contributed by atoms with Gasteiger partial charge in [0.2, 0.25) is 0 Å². The lowest BCUT2D eigenvalue weighted by Gasteiger charge is -2.27. The van der Waals surface area contributed by atoms with Gasteiger partial charge in [-0.1, -0.05) is 30.3 Å². The molecular formula is C19H17N5S2. The zero-order valence-electron chi connectivity index (χ0n) is 14.1. The Bertz CT molecular complexity index is 962. The minimum atomic E-state index is 0.623. The number of aromatic nitrogens is 2. The van der Waals surface area contributed by atoms with Crippen molar-refractivity contribution in [1.29, 1.82) is 5.26 Å². The molecule has 4 rings (SSSR count). The molecule has 0 spiro atoms. The third kappa shape index (κ3) is 3.39. The summed E-state index contributed by atoms with van der Waals surface area (Å²) in [5.74, 6) is 1.75. The Labute approximate surface area is 160 Å². The van der Waals surface area contributed by atoms with Crippen LogP contribution in [0.3, 0.4) is 0 Å². The summed E-state index contributed by atoms with van der Waals surface area (Å²) in [6.07, 6.45) is 4.43. The number of nitrogens with zero attached hydrogens (tertiary/aromatic N) is 4. The monoisotopic (exact) mass is 379 g/mol. The maximum atomic E-state index is 9.27. The lowest BCUT2D eigenvalue weighted by atomic mass is 10.0. The van der Waals surface area contributed by atoms with Gasteiger partial charge in [0.05, 0.1) is 24.5 Å². The number of nitrogens with two attached hydrogens (primary N) is 1. The van der Waals surface area contributed by atoms with Gasteiger partial charge in [-0.15, -0.1) is 23.1 Å². The number of rotatable bonds is 4. The number of fused-ring (bicyclic) bond motifs is 1. The summed E-state index contributed by atoms with van der Waals surface area (Å²) in [4.78, 5) is 12.5. The SMILES string of the molecule is N#Cc1c(N)sc2c1CCN(c1cncc(SCc3ccccc3)n1)C2. The molecule has 0 radical (unpaired) electrons. The number of hydrogen-bond acceptors (Lipinski definition) is 7. The molecule has 26 heavy (non-hydrogen) atoms. The molecule has 130 valence electrons. The predicted molar refractivity (Wildman–Crippen MR) is 106 cm³/mol. The van der Waals surface area contributed by atoms with E-state index in [1.807, 2.05) is 24.4 Å². The molecule has 3 heterocycles. The molecule has 0 unspecified atom stereocenters. The number of thioether (sulfide) groups is 1. The van der Waals surface area contributed by atoms with Gasteiger partial charge in [-0.2, -0.15) is 5.26 Å². The summed E-state index contributed by atoms with van der Waals surface area (Å²) in [6, 6.07) is 12.6. The number of benzene rings is 1. The number of nitriles is 1. The lowest BCUT2D eigenvalue weighted by Crippen LogP contribution is -2.30. The molecule has 1 aliphatic heterocycles. The molecule has 1 aliphatic rings. The molecule has 5 nitrogen and oxygen atoms in total. The van der Waals surface area contributed by atoms with Crippen LogP contribution in [0.5, 0.6) is 0 Å². The Morgan fingerprint density at radius 3 is 2.92 bits per heavy atom. The van der Waals surface area contributed by atoms with Crippen LogP contribution in [-0.2, 0) is 18.7 Å². The van der Waals surface area contributed by atoms with E-state index in [4.69, 9.17) is 10.7 Å². The normalized spacial score (nSPS) is 13.3. The molecule has 2 aromatic heterocycles. The zero-order valence-corrected chi connectivity index (χ0v) is 15.7. The van der Waals surface area contributed by atoms with Crippen LogP contribution in [0.15, 0.2) is 47.8 Å². The molecule has 0 bridgehead atoms. The Morgan fingerprint density at radius 1 is 1.27 bits per heavy atom. The van der Waals surface area contributed by atoms with Gasteiger partial charge in [0.25, 0.3) is 0 Å². The highest BCUT2D eigenvalue weighted by Gasteiger charge is 2.24. The van der Waals surface area contributed by atoms with E-state index in [-0.39, 0.29) is 0 Å². The Kier molecular flexibility index (Phi) is 4.78. The van der Waals surface area contributed by atoms with Gasteiger partial charge in [-0.05, 0) is 17.5 Å². The first-order valence-corrected chi connectivity index (χ1v) is 10.1. The second-order valence-corrected chi connectivity index (χ2v) is 8.15. The van der Waals surface area contributed by atoms with Crippen LogP contribution in [0, 0.1) is 11.3 Å². The third-order valence-corrected chi connectivity index (χ3v) is 6.37. The molecule has 1 aromatic carbocycles. The molecule has 0 aliphatic carbocycles. The summed E-state index contributed by atoms with van der Waals surface area (Å²) in [5.41, 5.74) is 9.01. The summed E-state index contributed by atoms with van der Waals surface area (Å²) in [7, 11) is 0. The number of anilines is 2. The number of nitrogen functional groups attached to an aromatic ring is 1. The first-order valence-electron chi connectivity index (χ1n) is 8.28. The van der Waals surface area contributed by atoms with Gasteiger partial charge >= 0.3 is 0 Å². The smallest absolute Gasteiger partial charge is 0.148 e. The molecule has 0 atom stereocenters. The van der Waals surface area contributed by atoms with Crippen molar-refractivity contribution < 1.29 is 0 Å². The maximum Gasteiger partial charge on any atom is 0.148 e. The molecule has 3 aromatic rings. The van der Waals surface area contributed by atoms with Crippen molar-refractivity contribution in [3.8, 4) is 6.07 Å². The highest BCUT2D eigenvalue weighted by Crippen LogP contribution is 2.35. The highest BCUT2D eigenvalue weighted by molar-refractivity contribution is 7.98. The molecular weight excluding hydrogens is 362 g/mol. The van der Waals surface area contributed by atoms with Crippen LogP contribution in [0.1, 0.15) is 21.6 Å². The van der Waals surface area contributed by atoms with Gasteiger partial charge < -0.3 is 10.6 Å². The largest absolute Gasteiger partial charge is 0.389 e. The van der Waals surface area contributed by atoms with E-state index in [0.29, 0.717) is 10.6 Å². The molecule has 7 heteroatoms. The lowest BCUT2D eigenvalue weighted by molar-refractivity contribution is 0.724. The molecule has 0 amide bonds. The van der Waals surface area contributed by atoms with E-state index in [9.17, 15) is 5.26 Å². The first kappa shape index (κ1) is 16.9. The molecule has 0 fully saturated rings. The van der Waals surface area contributed by atoms with Crippen LogP contribution in [0.4, 0.5) is 10.8 Å².